The largest absolute Gasteiger partial charge is 0.490 e. The zero-order valence-electron chi connectivity index (χ0n) is 19.2. The lowest BCUT2D eigenvalue weighted by atomic mass is 10.2. The number of morpholine rings is 1. The van der Waals surface area contributed by atoms with Crippen molar-refractivity contribution >= 4 is 46.8 Å². The van der Waals surface area contributed by atoms with E-state index in [1.165, 1.54) is 37.4 Å². The first-order chi connectivity index (χ1) is 16.8. The van der Waals surface area contributed by atoms with Crippen LogP contribution in [0.5, 0.6) is 11.5 Å². The Bertz CT molecular complexity index is 1080. The summed E-state index contributed by atoms with van der Waals surface area (Å²) in [6.45, 7) is 5.32. The number of aromatic nitrogens is 1. The molecule has 2 heterocycles. The second kappa shape index (κ2) is 12.6. The van der Waals surface area contributed by atoms with Gasteiger partial charge in [0.1, 0.15) is 0 Å². The van der Waals surface area contributed by atoms with E-state index >= 15 is 0 Å². The molecule has 3 rings (SSSR count). The monoisotopic (exact) mass is 525 g/mol. The minimum Gasteiger partial charge on any atom is -0.490 e. The predicted molar refractivity (Wildman–Crippen MR) is 128 cm³/mol. The highest BCUT2D eigenvalue weighted by Gasteiger charge is 2.22. The van der Waals surface area contributed by atoms with Gasteiger partial charge in [0.2, 0.25) is 0 Å². The highest BCUT2D eigenvalue weighted by Crippen LogP contribution is 2.29. The lowest BCUT2D eigenvalue weighted by molar-refractivity contribution is -0.137. The maximum absolute atomic E-state index is 12.6. The maximum atomic E-state index is 12.6. The Morgan fingerprint density at radius 2 is 1.89 bits per heavy atom. The van der Waals surface area contributed by atoms with E-state index in [9.17, 15) is 14.4 Å². The highest BCUT2D eigenvalue weighted by molar-refractivity contribution is 6.36. The topological polar surface area (TPSA) is 116 Å². The SMILES string of the molecule is CCOc1cc(C(=O)O[C@H](C)C(=O)Nc2ncc(Cl)cc2Cl)ccc1OCC(=O)N1CCOCC1. The Hall–Kier alpha value is -3.08. The molecule has 2 amide bonds. The highest BCUT2D eigenvalue weighted by atomic mass is 35.5. The lowest BCUT2D eigenvalue weighted by Gasteiger charge is -2.26. The smallest absolute Gasteiger partial charge is 0.339 e. The van der Waals surface area contributed by atoms with Crippen LogP contribution in [0, 0.1) is 0 Å². The normalized spacial score (nSPS) is 14.1. The van der Waals surface area contributed by atoms with Crippen LogP contribution in [0.4, 0.5) is 5.82 Å². The Morgan fingerprint density at radius 3 is 2.57 bits per heavy atom. The van der Waals surface area contributed by atoms with Crippen molar-refractivity contribution in [3.63, 3.8) is 0 Å². The molecule has 12 heteroatoms. The number of benzene rings is 1. The molecule has 188 valence electrons. The van der Waals surface area contributed by atoms with Crippen LogP contribution < -0.4 is 14.8 Å². The van der Waals surface area contributed by atoms with Gasteiger partial charge in [0.15, 0.2) is 30.0 Å². The quantitative estimate of drug-likeness (QED) is 0.496. The van der Waals surface area contributed by atoms with Crippen molar-refractivity contribution in [3.05, 3.63) is 46.1 Å². The van der Waals surface area contributed by atoms with Gasteiger partial charge in [-0.2, -0.15) is 0 Å². The molecule has 1 saturated heterocycles. The molecule has 0 radical (unpaired) electrons. The number of halogens is 2. The van der Waals surface area contributed by atoms with Gasteiger partial charge in [-0.3, -0.25) is 9.59 Å². The van der Waals surface area contributed by atoms with E-state index in [-0.39, 0.29) is 34.7 Å². The molecule has 0 bridgehead atoms. The number of esters is 1. The van der Waals surface area contributed by atoms with Gasteiger partial charge in [0.25, 0.3) is 11.8 Å². The zero-order chi connectivity index (χ0) is 25.4. The summed E-state index contributed by atoms with van der Waals surface area (Å²) < 4.78 is 21.7. The number of nitrogens with one attached hydrogen (secondary N) is 1. The fourth-order valence-electron chi connectivity index (χ4n) is 3.07. The molecule has 0 aliphatic carbocycles. The minimum absolute atomic E-state index is 0.0933. The Labute approximate surface area is 212 Å². The van der Waals surface area contributed by atoms with E-state index in [0.29, 0.717) is 43.7 Å². The molecule has 1 aliphatic rings. The molecule has 1 aromatic heterocycles. The van der Waals surface area contributed by atoms with Gasteiger partial charge in [0.05, 0.1) is 35.4 Å². The fraction of sp³-hybridized carbons (Fsp3) is 0.391. The number of hydrogen-bond donors (Lipinski definition) is 1. The molecular formula is C23H25Cl2N3O7. The van der Waals surface area contributed by atoms with Crippen LogP contribution in [-0.2, 0) is 19.1 Å². The summed E-state index contributed by atoms with van der Waals surface area (Å²) in [6, 6.07) is 5.83. The van der Waals surface area contributed by atoms with E-state index in [0.717, 1.165) is 0 Å². The van der Waals surface area contributed by atoms with Crippen molar-refractivity contribution in [1.82, 2.24) is 9.88 Å². The number of carbonyl (C=O) groups is 3. The summed E-state index contributed by atoms with van der Waals surface area (Å²) in [7, 11) is 0. The first-order valence-corrected chi connectivity index (χ1v) is 11.6. The average molecular weight is 526 g/mol. The van der Waals surface area contributed by atoms with E-state index in [2.05, 4.69) is 10.3 Å². The first kappa shape index (κ1) is 26.5. The van der Waals surface area contributed by atoms with Crippen molar-refractivity contribution in [2.24, 2.45) is 0 Å². The summed E-state index contributed by atoms with van der Waals surface area (Å²) in [5.41, 5.74) is 0.141. The number of rotatable bonds is 9. The number of nitrogens with zero attached hydrogens (tertiary/aromatic N) is 2. The molecule has 0 saturated carbocycles. The molecular weight excluding hydrogens is 501 g/mol. The molecule has 10 nitrogen and oxygen atoms in total. The van der Waals surface area contributed by atoms with Crippen LogP contribution in [0.3, 0.4) is 0 Å². The summed E-state index contributed by atoms with van der Waals surface area (Å²) >= 11 is 11.8. The third-order valence-electron chi connectivity index (χ3n) is 4.90. The van der Waals surface area contributed by atoms with Crippen LogP contribution in [-0.4, -0.2) is 73.3 Å². The molecule has 2 aromatic rings. The number of carbonyl (C=O) groups excluding carboxylic acids is 3. The molecule has 1 atom stereocenters. The molecule has 1 fully saturated rings. The molecule has 1 N–H and O–H groups in total. The van der Waals surface area contributed by atoms with Crippen LogP contribution >= 0.6 is 23.2 Å². The fourth-order valence-corrected chi connectivity index (χ4v) is 3.50. The Balaban J connectivity index is 1.61. The van der Waals surface area contributed by atoms with Gasteiger partial charge in [-0.25, -0.2) is 9.78 Å². The summed E-state index contributed by atoms with van der Waals surface area (Å²) in [5, 5.41) is 2.94. The molecule has 0 unspecified atom stereocenters. The first-order valence-electron chi connectivity index (χ1n) is 10.9. The van der Waals surface area contributed by atoms with E-state index in [1.807, 2.05) is 0 Å². The van der Waals surface area contributed by atoms with Gasteiger partial charge in [-0.15, -0.1) is 0 Å². The van der Waals surface area contributed by atoms with Crippen LogP contribution in [0.1, 0.15) is 24.2 Å². The van der Waals surface area contributed by atoms with Crippen molar-refractivity contribution in [2.75, 3.05) is 44.8 Å². The molecule has 0 spiro atoms. The second-order valence-corrected chi connectivity index (χ2v) is 8.24. The summed E-state index contributed by atoms with van der Waals surface area (Å²) in [4.78, 5) is 43.0. The van der Waals surface area contributed by atoms with Gasteiger partial charge < -0.3 is 29.2 Å². The number of hydrogen-bond acceptors (Lipinski definition) is 8. The maximum Gasteiger partial charge on any atom is 0.339 e. The number of ether oxygens (including phenoxy) is 4. The van der Waals surface area contributed by atoms with Crippen molar-refractivity contribution in [3.8, 4) is 11.5 Å². The van der Waals surface area contributed by atoms with Crippen molar-refractivity contribution < 1.29 is 33.3 Å². The van der Waals surface area contributed by atoms with E-state index in [4.69, 9.17) is 42.1 Å². The van der Waals surface area contributed by atoms with Crippen LogP contribution in [0.25, 0.3) is 0 Å². The van der Waals surface area contributed by atoms with Gasteiger partial charge in [-0.1, -0.05) is 23.2 Å². The number of amides is 2. The molecule has 1 aliphatic heterocycles. The van der Waals surface area contributed by atoms with Crippen LogP contribution in [0.15, 0.2) is 30.5 Å². The number of anilines is 1. The summed E-state index contributed by atoms with van der Waals surface area (Å²) in [5.74, 6) is -0.878. The van der Waals surface area contributed by atoms with Gasteiger partial charge >= 0.3 is 5.97 Å². The Morgan fingerprint density at radius 1 is 1.14 bits per heavy atom. The molecule has 1 aromatic carbocycles. The third-order valence-corrected chi connectivity index (χ3v) is 5.39. The van der Waals surface area contributed by atoms with Crippen molar-refractivity contribution in [2.45, 2.75) is 20.0 Å². The standard InChI is InChI=1S/C23H25Cl2N3O7/c1-3-33-19-10-15(4-5-18(19)34-13-20(29)28-6-8-32-9-7-28)23(31)35-14(2)22(30)27-21-17(25)11-16(24)12-26-21/h4-5,10-12,14H,3,6-9,13H2,1-2H3,(H,26,27,30)/t14-/m1/s1. The zero-order valence-corrected chi connectivity index (χ0v) is 20.7. The molecule has 35 heavy (non-hydrogen) atoms. The van der Waals surface area contributed by atoms with Crippen LogP contribution in [0.2, 0.25) is 10.0 Å². The summed E-state index contributed by atoms with van der Waals surface area (Å²) in [6.07, 6.45) is 0.182. The number of pyridine rings is 1. The third kappa shape index (κ3) is 7.45. The second-order valence-electron chi connectivity index (χ2n) is 7.40. The average Bonchev–Trinajstić information content (AvgIpc) is 2.85. The van der Waals surface area contributed by atoms with Crippen molar-refractivity contribution in [1.29, 1.82) is 0 Å². The van der Waals surface area contributed by atoms with E-state index < -0.39 is 18.0 Å². The van der Waals surface area contributed by atoms with Gasteiger partial charge in [-0.05, 0) is 38.1 Å². The lowest BCUT2D eigenvalue weighted by Crippen LogP contribution is -2.43. The van der Waals surface area contributed by atoms with Gasteiger partial charge in [0, 0.05) is 19.3 Å². The Kier molecular flexibility index (Phi) is 9.53. The van der Waals surface area contributed by atoms with E-state index in [1.54, 1.807) is 11.8 Å². The minimum atomic E-state index is -1.14. The predicted octanol–water partition coefficient (Wildman–Crippen LogP) is 3.21.